The van der Waals surface area contributed by atoms with Gasteiger partial charge in [0.25, 0.3) is 0 Å². The maximum Gasteiger partial charge on any atom is 0.0702 e. The Morgan fingerprint density at radius 1 is 1.43 bits per heavy atom. The lowest BCUT2D eigenvalue weighted by Gasteiger charge is -2.29. The third-order valence-corrected chi connectivity index (χ3v) is 4.57. The van der Waals surface area contributed by atoms with Crippen molar-refractivity contribution < 1.29 is 4.74 Å². The Bertz CT molecular complexity index is 435. The highest BCUT2D eigenvalue weighted by Gasteiger charge is 2.27. The SMILES string of the molecule is CCNC(CCN(C)C1CCOC1C)c1cccc(C)c1. The zero-order chi connectivity index (χ0) is 15.2. The van der Waals surface area contributed by atoms with E-state index in [-0.39, 0.29) is 0 Å². The van der Waals surface area contributed by atoms with E-state index in [4.69, 9.17) is 4.74 Å². The quantitative estimate of drug-likeness (QED) is 0.835. The summed E-state index contributed by atoms with van der Waals surface area (Å²) in [7, 11) is 2.23. The summed E-state index contributed by atoms with van der Waals surface area (Å²) >= 11 is 0. The Morgan fingerprint density at radius 3 is 2.86 bits per heavy atom. The number of benzene rings is 1. The van der Waals surface area contributed by atoms with Gasteiger partial charge in [0.15, 0.2) is 0 Å². The first-order valence-corrected chi connectivity index (χ1v) is 8.23. The summed E-state index contributed by atoms with van der Waals surface area (Å²) in [6.45, 7) is 9.55. The third-order valence-electron chi connectivity index (χ3n) is 4.57. The van der Waals surface area contributed by atoms with E-state index in [1.54, 1.807) is 0 Å². The van der Waals surface area contributed by atoms with E-state index in [2.05, 4.69) is 62.3 Å². The van der Waals surface area contributed by atoms with E-state index >= 15 is 0 Å². The Morgan fingerprint density at radius 2 is 2.24 bits per heavy atom. The van der Waals surface area contributed by atoms with Gasteiger partial charge in [0.05, 0.1) is 6.10 Å². The largest absolute Gasteiger partial charge is 0.377 e. The van der Waals surface area contributed by atoms with Gasteiger partial charge in [-0.2, -0.15) is 0 Å². The monoisotopic (exact) mass is 290 g/mol. The van der Waals surface area contributed by atoms with Crippen LogP contribution in [0.15, 0.2) is 24.3 Å². The second kappa shape index (κ2) is 7.92. The van der Waals surface area contributed by atoms with Crippen LogP contribution in [0.5, 0.6) is 0 Å². The van der Waals surface area contributed by atoms with Crippen LogP contribution in [0.25, 0.3) is 0 Å². The Balaban J connectivity index is 1.93. The van der Waals surface area contributed by atoms with Gasteiger partial charge in [-0.25, -0.2) is 0 Å². The predicted octanol–water partition coefficient (Wildman–Crippen LogP) is 3.14. The normalized spacial score (nSPS) is 23.7. The Hall–Kier alpha value is -0.900. The molecule has 1 aromatic carbocycles. The molecule has 3 heteroatoms. The molecule has 1 heterocycles. The van der Waals surface area contributed by atoms with Crippen LogP contribution in [0, 0.1) is 6.92 Å². The highest BCUT2D eigenvalue weighted by Crippen LogP contribution is 2.22. The fraction of sp³-hybridized carbons (Fsp3) is 0.667. The molecule has 1 saturated heterocycles. The molecule has 1 fully saturated rings. The molecule has 21 heavy (non-hydrogen) atoms. The molecule has 0 bridgehead atoms. The lowest BCUT2D eigenvalue weighted by molar-refractivity contribution is 0.0823. The van der Waals surface area contributed by atoms with E-state index in [1.807, 2.05) is 0 Å². The summed E-state index contributed by atoms with van der Waals surface area (Å²) in [6, 6.07) is 9.87. The summed E-state index contributed by atoms with van der Waals surface area (Å²) in [5, 5.41) is 3.63. The van der Waals surface area contributed by atoms with Crippen LogP contribution in [0.2, 0.25) is 0 Å². The number of rotatable bonds is 7. The third kappa shape index (κ3) is 4.53. The first-order valence-electron chi connectivity index (χ1n) is 8.23. The molecule has 0 radical (unpaired) electrons. The van der Waals surface area contributed by atoms with Gasteiger partial charge in [0.1, 0.15) is 0 Å². The van der Waals surface area contributed by atoms with Crippen LogP contribution in [-0.4, -0.2) is 43.8 Å². The molecule has 0 spiro atoms. The van der Waals surface area contributed by atoms with Crippen LogP contribution >= 0.6 is 0 Å². The summed E-state index contributed by atoms with van der Waals surface area (Å²) in [6.07, 6.45) is 2.66. The van der Waals surface area contributed by atoms with E-state index in [9.17, 15) is 0 Å². The number of hydrogen-bond donors (Lipinski definition) is 1. The minimum Gasteiger partial charge on any atom is -0.377 e. The molecule has 2 rings (SSSR count). The van der Waals surface area contributed by atoms with Crippen molar-refractivity contribution in [2.24, 2.45) is 0 Å². The molecule has 0 saturated carbocycles. The molecule has 3 unspecified atom stereocenters. The molecule has 1 aliphatic heterocycles. The van der Waals surface area contributed by atoms with Crippen molar-refractivity contribution in [2.75, 3.05) is 26.7 Å². The van der Waals surface area contributed by atoms with E-state index in [0.29, 0.717) is 18.2 Å². The average Bonchev–Trinajstić information content (AvgIpc) is 2.89. The molecule has 1 aliphatic rings. The molecule has 0 aromatic heterocycles. The van der Waals surface area contributed by atoms with Crippen LogP contribution < -0.4 is 5.32 Å². The predicted molar refractivity (Wildman–Crippen MR) is 88.7 cm³/mol. The second-order valence-corrected chi connectivity index (χ2v) is 6.23. The zero-order valence-electron chi connectivity index (χ0n) is 13.9. The second-order valence-electron chi connectivity index (χ2n) is 6.23. The molecular weight excluding hydrogens is 260 g/mol. The molecule has 3 nitrogen and oxygen atoms in total. The zero-order valence-corrected chi connectivity index (χ0v) is 13.9. The molecule has 3 atom stereocenters. The highest BCUT2D eigenvalue weighted by molar-refractivity contribution is 5.25. The van der Waals surface area contributed by atoms with Gasteiger partial charge in [-0.3, -0.25) is 0 Å². The maximum absolute atomic E-state index is 5.68. The molecular formula is C18H30N2O. The van der Waals surface area contributed by atoms with Gasteiger partial charge in [-0.05, 0) is 45.8 Å². The van der Waals surface area contributed by atoms with Gasteiger partial charge < -0.3 is 15.0 Å². The van der Waals surface area contributed by atoms with Crippen molar-refractivity contribution in [1.82, 2.24) is 10.2 Å². The maximum atomic E-state index is 5.68. The summed E-state index contributed by atoms with van der Waals surface area (Å²) in [4.78, 5) is 2.47. The minimum absolute atomic E-state index is 0.367. The fourth-order valence-corrected chi connectivity index (χ4v) is 3.32. The fourth-order valence-electron chi connectivity index (χ4n) is 3.32. The minimum atomic E-state index is 0.367. The van der Waals surface area contributed by atoms with Crippen molar-refractivity contribution in [1.29, 1.82) is 0 Å². The number of likely N-dealkylation sites (N-methyl/N-ethyl adjacent to an activating group) is 1. The molecule has 0 amide bonds. The Kier molecular flexibility index (Phi) is 6.22. The molecule has 118 valence electrons. The topological polar surface area (TPSA) is 24.5 Å². The number of nitrogens with one attached hydrogen (secondary N) is 1. The summed E-state index contributed by atoms with van der Waals surface area (Å²) in [5.74, 6) is 0. The highest BCUT2D eigenvalue weighted by atomic mass is 16.5. The van der Waals surface area contributed by atoms with Crippen LogP contribution in [0.1, 0.15) is 43.9 Å². The van der Waals surface area contributed by atoms with E-state index in [0.717, 1.165) is 32.5 Å². The van der Waals surface area contributed by atoms with Gasteiger partial charge in [0.2, 0.25) is 0 Å². The van der Waals surface area contributed by atoms with Gasteiger partial charge in [-0.15, -0.1) is 0 Å². The van der Waals surface area contributed by atoms with Crippen molar-refractivity contribution >= 4 is 0 Å². The Labute approximate surface area is 129 Å². The lowest BCUT2D eigenvalue weighted by atomic mass is 10.0. The smallest absolute Gasteiger partial charge is 0.0702 e. The van der Waals surface area contributed by atoms with Crippen molar-refractivity contribution in [3.63, 3.8) is 0 Å². The van der Waals surface area contributed by atoms with Gasteiger partial charge in [-0.1, -0.05) is 36.8 Å². The summed E-state index contributed by atoms with van der Waals surface area (Å²) < 4.78 is 5.68. The molecule has 1 N–H and O–H groups in total. The number of ether oxygens (including phenoxy) is 1. The van der Waals surface area contributed by atoms with E-state index < -0.39 is 0 Å². The van der Waals surface area contributed by atoms with Crippen molar-refractivity contribution in [3.8, 4) is 0 Å². The first kappa shape index (κ1) is 16.5. The van der Waals surface area contributed by atoms with Crippen LogP contribution in [-0.2, 0) is 4.74 Å². The number of nitrogens with zero attached hydrogens (tertiary/aromatic N) is 1. The number of aryl methyl sites for hydroxylation is 1. The molecule has 0 aliphatic carbocycles. The standard InChI is InChI=1S/C18H30N2O/c1-5-19-17(16-8-6-7-14(2)13-16)9-11-20(4)18-10-12-21-15(18)3/h6-8,13,15,17-19H,5,9-12H2,1-4H3. The number of hydrogen-bond acceptors (Lipinski definition) is 3. The molecule has 1 aromatic rings. The van der Waals surface area contributed by atoms with Crippen LogP contribution in [0.4, 0.5) is 0 Å². The van der Waals surface area contributed by atoms with Gasteiger partial charge in [0, 0.05) is 25.2 Å². The summed E-state index contributed by atoms with van der Waals surface area (Å²) in [5.41, 5.74) is 2.74. The van der Waals surface area contributed by atoms with E-state index in [1.165, 1.54) is 11.1 Å². The lowest BCUT2D eigenvalue weighted by Crippen LogP contribution is -2.38. The van der Waals surface area contributed by atoms with Crippen LogP contribution in [0.3, 0.4) is 0 Å². The first-order chi connectivity index (χ1) is 10.1. The average molecular weight is 290 g/mol. The van der Waals surface area contributed by atoms with Crippen molar-refractivity contribution in [3.05, 3.63) is 35.4 Å². The van der Waals surface area contributed by atoms with Crippen molar-refractivity contribution in [2.45, 2.75) is 51.8 Å². The van der Waals surface area contributed by atoms with Gasteiger partial charge >= 0.3 is 0 Å².